The quantitative estimate of drug-likeness (QED) is 0.639. The van der Waals surface area contributed by atoms with Crippen molar-refractivity contribution in [2.75, 3.05) is 11.9 Å². The molecule has 0 radical (unpaired) electrons. The first kappa shape index (κ1) is 20.4. The van der Waals surface area contributed by atoms with E-state index in [1.807, 2.05) is 0 Å². The molecular formula is C18H20F2N2O5. The van der Waals surface area contributed by atoms with Crippen molar-refractivity contribution in [2.24, 2.45) is 0 Å². The Balaban J connectivity index is 1.92. The van der Waals surface area contributed by atoms with Crippen molar-refractivity contribution < 1.29 is 33.0 Å². The molecule has 27 heavy (non-hydrogen) atoms. The average Bonchev–Trinajstić information content (AvgIpc) is 2.88. The van der Waals surface area contributed by atoms with E-state index in [1.54, 1.807) is 20.8 Å². The Morgan fingerprint density at radius 2 is 1.85 bits per heavy atom. The van der Waals surface area contributed by atoms with Crippen molar-refractivity contribution >= 4 is 17.6 Å². The van der Waals surface area contributed by atoms with Gasteiger partial charge in [0, 0.05) is 16.9 Å². The Bertz CT molecular complexity index is 816. The van der Waals surface area contributed by atoms with Gasteiger partial charge in [0.2, 0.25) is 0 Å². The van der Waals surface area contributed by atoms with Gasteiger partial charge in [0.25, 0.3) is 5.91 Å². The molecule has 1 aromatic heterocycles. The van der Waals surface area contributed by atoms with Crippen LogP contribution in [-0.4, -0.2) is 35.2 Å². The van der Waals surface area contributed by atoms with Crippen LogP contribution in [0.15, 0.2) is 24.3 Å². The molecule has 1 amide bonds. The van der Waals surface area contributed by atoms with Gasteiger partial charge in [0.05, 0.1) is 6.10 Å². The van der Waals surface area contributed by atoms with Crippen LogP contribution in [0, 0.1) is 13.8 Å². The minimum atomic E-state index is -2.93. The van der Waals surface area contributed by atoms with Crippen LogP contribution in [0.2, 0.25) is 0 Å². The predicted molar refractivity (Wildman–Crippen MR) is 92.9 cm³/mol. The highest BCUT2D eigenvalue weighted by molar-refractivity contribution is 5.95. The lowest BCUT2D eigenvalue weighted by Crippen LogP contribution is -2.21. The average molecular weight is 382 g/mol. The fourth-order valence-corrected chi connectivity index (χ4v) is 2.72. The molecule has 0 aliphatic rings. The topological polar surface area (TPSA) is 101 Å². The van der Waals surface area contributed by atoms with Gasteiger partial charge < -0.3 is 24.9 Å². The number of aryl methyl sites for hydroxylation is 1. The van der Waals surface area contributed by atoms with Crippen molar-refractivity contribution in [1.29, 1.82) is 0 Å². The lowest BCUT2D eigenvalue weighted by atomic mass is 10.1. The van der Waals surface area contributed by atoms with Crippen LogP contribution < -0.4 is 10.1 Å². The number of anilines is 1. The lowest BCUT2D eigenvalue weighted by Gasteiger charge is -2.08. The number of carbonyl (C=O) groups excluding carboxylic acids is 2. The second-order valence-corrected chi connectivity index (χ2v) is 5.87. The summed E-state index contributed by atoms with van der Waals surface area (Å²) in [6, 6.07) is 5.31. The molecule has 0 saturated heterocycles. The number of H-pyrrole nitrogens is 1. The number of halogens is 2. The molecule has 1 atom stereocenters. The summed E-state index contributed by atoms with van der Waals surface area (Å²) in [5.41, 5.74) is 2.32. The molecule has 0 saturated carbocycles. The Hall–Kier alpha value is -2.94. The summed E-state index contributed by atoms with van der Waals surface area (Å²) in [6.07, 6.45) is -0.747. The zero-order chi connectivity index (χ0) is 20.1. The van der Waals surface area contributed by atoms with Crippen LogP contribution in [0.5, 0.6) is 5.75 Å². The number of nitrogens with one attached hydrogen (secondary N) is 2. The van der Waals surface area contributed by atoms with Gasteiger partial charge in [-0.15, -0.1) is 0 Å². The van der Waals surface area contributed by atoms with Crippen LogP contribution >= 0.6 is 0 Å². The summed E-state index contributed by atoms with van der Waals surface area (Å²) in [6.45, 7) is 1.52. The normalized spacial score (nSPS) is 12.0. The van der Waals surface area contributed by atoms with E-state index in [-0.39, 0.29) is 11.4 Å². The number of alkyl halides is 2. The van der Waals surface area contributed by atoms with Crippen molar-refractivity contribution in [1.82, 2.24) is 4.98 Å². The first-order valence-corrected chi connectivity index (χ1v) is 8.08. The van der Waals surface area contributed by atoms with E-state index < -0.39 is 31.2 Å². The van der Waals surface area contributed by atoms with E-state index >= 15 is 0 Å². The second-order valence-electron chi connectivity index (χ2n) is 5.87. The highest BCUT2D eigenvalue weighted by atomic mass is 19.3. The molecule has 0 aliphatic carbocycles. The van der Waals surface area contributed by atoms with Gasteiger partial charge in [-0.3, -0.25) is 4.79 Å². The molecule has 0 bridgehead atoms. The molecule has 0 unspecified atom stereocenters. The molecule has 9 heteroatoms. The van der Waals surface area contributed by atoms with Crippen molar-refractivity contribution in [2.45, 2.75) is 33.5 Å². The molecule has 7 nitrogen and oxygen atoms in total. The molecule has 2 rings (SSSR count). The predicted octanol–water partition coefficient (Wildman–Crippen LogP) is 3.08. The number of rotatable bonds is 7. The van der Waals surface area contributed by atoms with Gasteiger partial charge in [-0.05, 0) is 50.6 Å². The molecule has 2 aromatic rings. The van der Waals surface area contributed by atoms with Gasteiger partial charge in [0.15, 0.2) is 6.61 Å². The fraction of sp³-hybridized carbons (Fsp3) is 0.333. The summed E-state index contributed by atoms with van der Waals surface area (Å²) in [5, 5.41) is 12.2. The molecule has 0 aliphatic heterocycles. The molecule has 1 heterocycles. The first-order valence-electron chi connectivity index (χ1n) is 8.08. The minimum Gasteiger partial charge on any atom is -0.451 e. The second kappa shape index (κ2) is 8.63. The Morgan fingerprint density at radius 1 is 1.22 bits per heavy atom. The maximum Gasteiger partial charge on any atom is 0.387 e. The number of hydrogen-bond donors (Lipinski definition) is 3. The van der Waals surface area contributed by atoms with Crippen LogP contribution in [-0.2, 0) is 9.53 Å². The maximum absolute atomic E-state index is 12.2. The Morgan fingerprint density at radius 3 is 2.37 bits per heavy atom. The largest absolute Gasteiger partial charge is 0.451 e. The number of hydrogen-bond acceptors (Lipinski definition) is 5. The third-order valence-electron chi connectivity index (χ3n) is 3.82. The number of aromatic nitrogens is 1. The number of aliphatic hydroxyl groups excluding tert-OH is 1. The molecule has 0 fully saturated rings. The summed E-state index contributed by atoms with van der Waals surface area (Å²) < 4.78 is 33.4. The Kier molecular flexibility index (Phi) is 6.51. The number of amides is 1. The van der Waals surface area contributed by atoms with E-state index in [0.717, 1.165) is 0 Å². The molecule has 146 valence electrons. The zero-order valence-electron chi connectivity index (χ0n) is 15.0. The number of carbonyl (C=O) groups is 2. The van der Waals surface area contributed by atoms with Crippen LogP contribution in [0.25, 0.3) is 0 Å². The van der Waals surface area contributed by atoms with Crippen molar-refractivity contribution in [3.8, 4) is 5.75 Å². The van der Waals surface area contributed by atoms with Crippen LogP contribution in [0.1, 0.15) is 40.3 Å². The number of benzene rings is 1. The van der Waals surface area contributed by atoms with Crippen LogP contribution in [0.3, 0.4) is 0 Å². The fourth-order valence-electron chi connectivity index (χ4n) is 2.72. The number of aromatic amines is 1. The third kappa shape index (κ3) is 5.27. The van der Waals surface area contributed by atoms with Gasteiger partial charge in [-0.25, -0.2) is 4.79 Å². The van der Waals surface area contributed by atoms with Crippen LogP contribution in [0.4, 0.5) is 14.5 Å². The number of esters is 1. The zero-order valence-corrected chi connectivity index (χ0v) is 15.0. The molecule has 1 aromatic carbocycles. The first-order chi connectivity index (χ1) is 12.7. The summed E-state index contributed by atoms with van der Waals surface area (Å²) in [4.78, 5) is 26.9. The van der Waals surface area contributed by atoms with Gasteiger partial charge in [-0.2, -0.15) is 8.78 Å². The Labute approximate surface area is 154 Å². The smallest absolute Gasteiger partial charge is 0.387 e. The van der Waals surface area contributed by atoms with E-state index in [0.29, 0.717) is 22.5 Å². The molecule has 0 spiro atoms. The summed E-state index contributed by atoms with van der Waals surface area (Å²) in [5.74, 6) is -1.36. The standard InChI is InChI=1S/C18H20F2N2O5/c1-9-15(11(3)23)10(2)21-16(9)17(25)26-8-14(24)22-12-4-6-13(7-5-12)27-18(19)20/h4-7,11,18,21,23H,8H2,1-3H3,(H,22,24)/t11-/m1/s1. The van der Waals surface area contributed by atoms with E-state index in [4.69, 9.17) is 4.74 Å². The molecule has 3 N–H and O–H groups in total. The van der Waals surface area contributed by atoms with Crippen molar-refractivity contribution in [3.63, 3.8) is 0 Å². The third-order valence-corrected chi connectivity index (χ3v) is 3.82. The number of aliphatic hydroxyl groups is 1. The van der Waals surface area contributed by atoms with Gasteiger partial charge >= 0.3 is 12.6 Å². The molecular weight excluding hydrogens is 362 g/mol. The lowest BCUT2D eigenvalue weighted by molar-refractivity contribution is -0.119. The number of ether oxygens (including phenoxy) is 2. The maximum atomic E-state index is 12.2. The minimum absolute atomic E-state index is 0.0408. The van der Waals surface area contributed by atoms with Gasteiger partial charge in [0.1, 0.15) is 11.4 Å². The van der Waals surface area contributed by atoms with E-state index in [1.165, 1.54) is 24.3 Å². The van der Waals surface area contributed by atoms with E-state index in [9.17, 15) is 23.5 Å². The van der Waals surface area contributed by atoms with Gasteiger partial charge in [-0.1, -0.05) is 0 Å². The highest BCUT2D eigenvalue weighted by Gasteiger charge is 2.21. The van der Waals surface area contributed by atoms with E-state index in [2.05, 4.69) is 15.0 Å². The van der Waals surface area contributed by atoms with Crippen molar-refractivity contribution in [3.05, 3.63) is 46.8 Å². The summed E-state index contributed by atoms with van der Waals surface area (Å²) >= 11 is 0. The summed E-state index contributed by atoms with van der Waals surface area (Å²) in [7, 11) is 0. The monoisotopic (exact) mass is 382 g/mol. The highest BCUT2D eigenvalue weighted by Crippen LogP contribution is 2.25. The SMILES string of the molecule is Cc1[nH]c(C(=O)OCC(=O)Nc2ccc(OC(F)F)cc2)c(C)c1[C@@H](C)O.